The van der Waals surface area contributed by atoms with Gasteiger partial charge in [-0.1, -0.05) is 0 Å². The Hall–Kier alpha value is -1.58. The summed E-state index contributed by atoms with van der Waals surface area (Å²) in [5.41, 5.74) is 2.10. The highest BCUT2D eigenvalue weighted by atomic mass is 16.1. The molecule has 4 heteroatoms. The molecule has 0 aliphatic carbocycles. The van der Waals surface area contributed by atoms with E-state index in [9.17, 15) is 4.79 Å². The second-order valence-electron chi connectivity index (χ2n) is 2.33. The molecule has 0 spiro atoms. The number of amides is 1. The van der Waals surface area contributed by atoms with Crippen molar-refractivity contribution in [2.45, 2.75) is 6.92 Å². The maximum Gasteiger partial charge on any atom is 0.297 e. The molecule has 2 aliphatic rings. The summed E-state index contributed by atoms with van der Waals surface area (Å²) in [6.07, 6.45) is 3.14. The van der Waals surface area contributed by atoms with Gasteiger partial charge in [0.05, 0.1) is 11.3 Å². The molecule has 4 nitrogen and oxygen atoms in total. The monoisotopic (exact) mass is 147 g/mol. The number of carbonyl (C=O) groups is 1. The molecule has 1 amide bonds. The number of hydrogen-bond donors (Lipinski definition) is 0. The van der Waals surface area contributed by atoms with Crippen LogP contribution in [0.25, 0.3) is 0 Å². The Kier molecular flexibility index (Phi) is 1.09. The Morgan fingerprint density at radius 2 is 2.18 bits per heavy atom. The fourth-order valence-electron chi connectivity index (χ4n) is 1.01. The van der Waals surface area contributed by atoms with E-state index in [1.165, 1.54) is 6.20 Å². The first kappa shape index (κ1) is 6.15. The minimum Gasteiger partial charge on any atom is -0.265 e. The molecule has 0 saturated heterocycles. The standard InChI is InChI=1S/C7H5N3O/c1-4-5-2-8-3-6(5)7(11)10-9-4/h2-3H,1H3. The first-order valence-electron chi connectivity index (χ1n) is 3.20. The average Bonchev–Trinajstić information content (AvgIpc) is 2.45. The van der Waals surface area contributed by atoms with Crippen LogP contribution in [0, 0.1) is 0 Å². The Morgan fingerprint density at radius 3 is 2.91 bits per heavy atom. The van der Waals surface area contributed by atoms with E-state index in [0.29, 0.717) is 5.57 Å². The van der Waals surface area contributed by atoms with Crippen LogP contribution in [0.1, 0.15) is 6.92 Å². The highest BCUT2D eigenvalue weighted by Crippen LogP contribution is 2.24. The van der Waals surface area contributed by atoms with Crippen LogP contribution in [-0.2, 0) is 4.79 Å². The van der Waals surface area contributed by atoms with E-state index < -0.39 is 0 Å². The highest BCUT2D eigenvalue weighted by molar-refractivity contribution is 6.09. The zero-order valence-electron chi connectivity index (χ0n) is 5.90. The number of nitrogens with zero attached hydrogens (tertiary/aromatic N) is 3. The summed E-state index contributed by atoms with van der Waals surface area (Å²) in [5.74, 6) is -0.303. The summed E-state index contributed by atoms with van der Waals surface area (Å²) in [7, 11) is 0. The van der Waals surface area contributed by atoms with Gasteiger partial charge in [-0.05, 0) is 6.92 Å². The zero-order valence-corrected chi connectivity index (χ0v) is 5.90. The van der Waals surface area contributed by atoms with Crippen molar-refractivity contribution in [3.63, 3.8) is 0 Å². The number of aliphatic imine (C=N–C) groups is 1. The normalized spacial score (nSPS) is 20.8. The van der Waals surface area contributed by atoms with Gasteiger partial charge in [-0.25, -0.2) is 0 Å². The van der Waals surface area contributed by atoms with Gasteiger partial charge in [0.1, 0.15) is 0 Å². The third kappa shape index (κ3) is 0.756. The van der Waals surface area contributed by atoms with Gasteiger partial charge in [0.25, 0.3) is 5.91 Å². The van der Waals surface area contributed by atoms with Crippen molar-refractivity contribution in [3.05, 3.63) is 23.0 Å². The molecule has 0 aromatic heterocycles. The second-order valence-corrected chi connectivity index (χ2v) is 2.33. The van der Waals surface area contributed by atoms with E-state index in [1.54, 1.807) is 13.1 Å². The van der Waals surface area contributed by atoms with E-state index in [1.807, 2.05) is 0 Å². The molecule has 0 unspecified atom stereocenters. The lowest BCUT2D eigenvalue weighted by molar-refractivity contribution is -0.114. The van der Waals surface area contributed by atoms with Crippen molar-refractivity contribution in [1.82, 2.24) is 0 Å². The van der Waals surface area contributed by atoms with Crippen LogP contribution in [0.15, 0.2) is 38.3 Å². The molecule has 2 aliphatic heterocycles. The maximum atomic E-state index is 11.0. The molecule has 0 saturated carbocycles. The fraction of sp³-hybridized carbons (Fsp3) is 0.143. The summed E-state index contributed by atoms with van der Waals surface area (Å²) >= 11 is 0. The third-order valence-electron chi connectivity index (χ3n) is 1.61. The van der Waals surface area contributed by atoms with Crippen LogP contribution in [0.2, 0.25) is 0 Å². The number of azo groups is 1. The SMILES string of the molecule is CC1=C2C=NC=C2C(=O)N=N1. The summed E-state index contributed by atoms with van der Waals surface area (Å²) in [6.45, 7) is 1.80. The Labute approximate surface area is 63.0 Å². The van der Waals surface area contributed by atoms with E-state index in [-0.39, 0.29) is 5.91 Å². The molecule has 0 radical (unpaired) electrons. The first-order chi connectivity index (χ1) is 5.29. The molecular weight excluding hydrogens is 142 g/mol. The van der Waals surface area contributed by atoms with Gasteiger partial charge < -0.3 is 0 Å². The van der Waals surface area contributed by atoms with Crippen LogP contribution >= 0.6 is 0 Å². The van der Waals surface area contributed by atoms with Gasteiger partial charge in [-0.15, -0.1) is 5.11 Å². The lowest BCUT2D eigenvalue weighted by atomic mass is 10.1. The van der Waals surface area contributed by atoms with Crippen molar-refractivity contribution >= 4 is 12.1 Å². The molecule has 2 rings (SSSR count). The largest absolute Gasteiger partial charge is 0.297 e. The van der Waals surface area contributed by atoms with E-state index in [0.717, 1.165) is 11.3 Å². The van der Waals surface area contributed by atoms with Crippen LogP contribution in [0.5, 0.6) is 0 Å². The zero-order chi connectivity index (χ0) is 7.84. The predicted molar refractivity (Wildman–Crippen MR) is 39.1 cm³/mol. The smallest absolute Gasteiger partial charge is 0.265 e. The van der Waals surface area contributed by atoms with Crippen molar-refractivity contribution in [1.29, 1.82) is 0 Å². The van der Waals surface area contributed by atoms with Crippen LogP contribution in [-0.4, -0.2) is 12.1 Å². The number of rotatable bonds is 0. The summed E-state index contributed by atoms with van der Waals surface area (Å²) in [4.78, 5) is 14.8. The Bertz CT molecular complexity index is 347. The molecule has 0 atom stereocenters. The van der Waals surface area contributed by atoms with Crippen LogP contribution in [0.3, 0.4) is 0 Å². The average molecular weight is 147 g/mol. The van der Waals surface area contributed by atoms with Crippen molar-refractivity contribution < 1.29 is 4.79 Å². The molecule has 0 aromatic rings. The Balaban J connectivity index is 2.60. The molecule has 0 aromatic carbocycles. The minimum atomic E-state index is -0.303. The van der Waals surface area contributed by atoms with Gasteiger partial charge in [0, 0.05) is 18.0 Å². The fourth-order valence-corrected chi connectivity index (χ4v) is 1.01. The second kappa shape index (κ2) is 1.95. The van der Waals surface area contributed by atoms with E-state index in [4.69, 9.17) is 0 Å². The number of carbonyl (C=O) groups excluding carboxylic acids is 1. The minimum absolute atomic E-state index is 0.303. The van der Waals surface area contributed by atoms with Gasteiger partial charge in [-0.3, -0.25) is 9.79 Å². The van der Waals surface area contributed by atoms with Crippen molar-refractivity contribution in [3.8, 4) is 0 Å². The van der Waals surface area contributed by atoms with E-state index >= 15 is 0 Å². The number of allylic oxidation sites excluding steroid dienone is 1. The summed E-state index contributed by atoms with van der Waals surface area (Å²) in [5, 5.41) is 7.11. The summed E-state index contributed by atoms with van der Waals surface area (Å²) < 4.78 is 0. The highest BCUT2D eigenvalue weighted by Gasteiger charge is 2.21. The lowest BCUT2D eigenvalue weighted by Crippen LogP contribution is -2.05. The molecule has 0 bridgehead atoms. The molecule has 11 heavy (non-hydrogen) atoms. The number of hydrogen-bond acceptors (Lipinski definition) is 3. The van der Waals surface area contributed by atoms with Crippen LogP contribution in [0.4, 0.5) is 0 Å². The topological polar surface area (TPSA) is 54.1 Å². The van der Waals surface area contributed by atoms with Gasteiger partial charge >= 0.3 is 0 Å². The molecular formula is C7H5N3O. The van der Waals surface area contributed by atoms with Crippen molar-refractivity contribution in [2.75, 3.05) is 0 Å². The Morgan fingerprint density at radius 1 is 1.36 bits per heavy atom. The third-order valence-corrected chi connectivity index (χ3v) is 1.61. The number of fused-ring (bicyclic) bond motifs is 1. The van der Waals surface area contributed by atoms with Gasteiger partial charge in [0.2, 0.25) is 0 Å². The van der Waals surface area contributed by atoms with Crippen LogP contribution < -0.4 is 0 Å². The van der Waals surface area contributed by atoms with E-state index in [2.05, 4.69) is 15.2 Å². The van der Waals surface area contributed by atoms with Crippen molar-refractivity contribution in [2.24, 2.45) is 15.2 Å². The maximum absolute atomic E-state index is 11.0. The molecule has 54 valence electrons. The molecule has 0 fully saturated rings. The first-order valence-corrected chi connectivity index (χ1v) is 3.20. The molecule has 2 heterocycles. The quantitative estimate of drug-likeness (QED) is 0.508. The van der Waals surface area contributed by atoms with Gasteiger partial charge in [0.15, 0.2) is 0 Å². The summed E-state index contributed by atoms with van der Waals surface area (Å²) in [6, 6.07) is 0. The van der Waals surface area contributed by atoms with Gasteiger partial charge in [-0.2, -0.15) is 5.11 Å². The molecule has 0 N–H and O–H groups in total. The predicted octanol–water partition coefficient (Wildman–Crippen LogP) is 1.22. The lowest BCUT2D eigenvalue weighted by Gasteiger charge is -2.04.